The van der Waals surface area contributed by atoms with E-state index in [-0.39, 0.29) is 0 Å². The molecule has 1 aliphatic carbocycles. The molecule has 1 saturated heterocycles. The molecule has 1 spiro atoms. The second-order valence-corrected chi connectivity index (χ2v) is 6.29. The van der Waals surface area contributed by atoms with E-state index in [2.05, 4.69) is 37.5 Å². The zero-order valence-corrected chi connectivity index (χ0v) is 11.5. The summed E-state index contributed by atoms with van der Waals surface area (Å²) in [7, 11) is 0. The van der Waals surface area contributed by atoms with Crippen LogP contribution in [0, 0.1) is 11.3 Å². The predicted molar refractivity (Wildman–Crippen MR) is 75.1 cm³/mol. The van der Waals surface area contributed by atoms with Crippen LogP contribution in [0.2, 0.25) is 0 Å². The van der Waals surface area contributed by atoms with E-state index in [0.29, 0.717) is 5.92 Å². The fourth-order valence-corrected chi connectivity index (χ4v) is 2.93. The van der Waals surface area contributed by atoms with Crippen molar-refractivity contribution in [3.05, 3.63) is 24.3 Å². The molecular formula is C16H27N. The van der Waals surface area contributed by atoms with Crippen molar-refractivity contribution < 1.29 is 0 Å². The summed E-state index contributed by atoms with van der Waals surface area (Å²) in [4.78, 5) is 2.59. The van der Waals surface area contributed by atoms with E-state index in [4.69, 9.17) is 0 Å². The topological polar surface area (TPSA) is 3.24 Å². The largest absolute Gasteiger partial charge is 0.300 e. The first kappa shape index (κ1) is 12.9. The van der Waals surface area contributed by atoms with Gasteiger partial charge in [-0.1, -0.05) is 44.6 Å². The number of likely N-dealkylation sites (tertiary alicyclic amines) is 1. The average molecular weight is 233 g/mol. The van der Waals surface area contributed by atoms with Gasteiger partial charge in [-0.25, -0.2) is 0 Å². The van der Waals surface area contributed by atoms with Gasteiger partial charge in [-0.2, -0.15) is 0 Å². The summed E-state index contributed by atoms with van der Waals surface area (Å²) in [5.74, 6) is 0.575. The van der Waals surface area contributed by atoms with Crippen LogP contribution < -0.4 is 0 Å². The van der Waals surface area contributed by atoms with Crippen molar-refractivity contribution in [3.8, 4) is 0 Å². The minimum Gasteiger partial charge on any atom is -0.300 e. The summed E-state index contributed by atoms with van der Waals surface area (Å²) < 4.78 is 0. The number of hydrogen-bond donors (Lipinski definition) is 0. The third-order valence-corrected chi connectivity index (χ3v) is 4.77. The molecule has 96 valence electrons. The highest BCUT2D eigenvalue weighted by atomic mass is 15.1. The molecule has 0 atom stereocenters. The summed E-state index contributed by atoms with van der Waals surface area (Å²) in [5, 5.41) is 0. The first-order chi connectivity index (χ1) is 8.11. The third kappa shape index (κ3) is 3.22. The Kier molecular flexibility index (Phi) is 4.09. The fourth-order valence-electron chi connectivity index (χ4n) is 2.93. The second kappa shape index (κ2) is 5.39. The molecule has 1 heterocycles. The Morgan fingerprint density at radius 3 is 2.35 bits per heavy atom. The Morgan fingerprint density at radius 2 is 1.88 bits per heavy atom. The molecule has 0 aromatic rings. The van der Waals surface area contributed by atoms with E-state index in [0.717, 1.165) is 12.0 Å². The first-order valence-electron chi connectivity index (χ1n) is 7.19. The van der Waals surface area contributed by atoms with Crippen molar-refractivity contribution in [2.75, 3.05) is 19.6 Å². The monoisotopic (exact) mass is 233 g/mol. The Morgan fingerprint density at radius 1 is 1.24 bits per heavy atom. The Bertz CT molecular complexity index is 287. The Hall–Kier alpha value is -0.560. The zero-order chi connectivity index (χ0) is 12.3. The maximum atomic E-state index is 4.08. The van der Waals surface area contributed by atoms with Crippen LogP contribution >= 0.6 is 0 Å². The van der Waals surface area contributed by atoms with Gasteiger partial charge < -0.3 is 0 Å². The van der Waals surface area contributed by atoms with Gasteiger partial charge in [-0.05, 0) is 50.1 Å². The molecule has 17 heavy (non-hydrogen) atoms. The Balaban J connectivity index is 1.69. The van der Waals surface area contributed by atoms with Crippen molar-refractivity contribution in [3.63, 3.8) is 0 Å². The van der Waals surface area contributed by atoms with Gasteiger partial charge in [0.05, 0.1) is 0 Å². The van der Waals surface area contributed by atoms with E-state index >= 15 is 0 Å². The fraction of sp³-hybridized carbons (Fsp3) is 0.750. The van der Waals surface area contributed by atoms with E-state index < -0.39 is 0 Å². The summed E-state index contributed by atoms with van der Waals surface area (Å²) in [5.41, 5.74) is 2.03. The standard InChI is InChI=1S/C16H27N/c1-14(2)15(3)6-4-11-17-12-9-16(10-13-17)7-5-8-16/h4,6,14H,3,5,7-13H2,1-2H3/b6-4+. The number of hydrogen-bond acceptors (Lipinski definition) is 1. The molecule has 0 aromatic heterocycles. The van der Waals surface area contributed by atoms with Crippen molar-refractivity contribution in [1.29, 1.82) is 0 Å². The van der Waals surface area contributed by atoms with Crippen LogP contribution in [0.1, 0.15) is 46.0 Å². The van der Waals surface area contributed by atoms with Gasteiger partial charge in [0.2, 0.25) is 0 Å². The number of nitrogens with zero attached hydrogens (tertiary/aromatic N) is 1. The molecule has 0 N–H and O–H groups in total. The van der Waals surface area contributed by atoms with E-state index in [1.807, 2.05) is 0 Å². The second-order valence-electron chi connectivity index (χ2n) is 6.29. The molecule has 2 fully saturated rings. The Labute approximate surface area is 107 Å². The highest BCUT2D eigenvalue weighted by molar-refractivity contribution is 5.16. The molecule has 2 aliphatic rings. The summed E-state index contributed by atoms with van der Waals surface area (Å²) in [6.45, 7) is 12.2. The number of rotatable bonds is 4. The van der Waals surface area contributed by atoms with Crippen LogP contribution in [0.15, 0.2) is 24.3 Å². The third-order valence-electron chi connectivity index (χ3n) is 4.77. The summed E-state index contributed by atoms with van der Waals surface area (Å²) >= 11 is 0. The van der Waals surface area contributed by atoms with Crippen LogP contribution in [0.4, 0.5) is 0 Å². The molecule has 0 bridgehead atoms. The van der Waals surface area contributed by atoms with Crippen LogP contribution in [0.5, 0.6) is 0 Å². The zero-order valence-electron chi connectivity index (χ0n) is 11.5. The van der Waals surface area contributed by atoms with Crippen molar-refractivity contribution in [2.45, 2.75) is 46.0 Å². The minimum atomic E-state index is 0.575. The molecule has 0 aromatic carbocycles. The van der Waals surface area contributed by atoms with Crippen LogP contribution in [0.3, 0.4) is 0 Å². The molecule has 0 radical (unpaired) electrons. The molecule has 0 unspecified atom stereocenters. The molecule has 1 nitrogen and oxygen atoms in total. The molecule has 1 saturated carbocycles. The quantitative estimate of drug-likeness (QED) is 0.663. The minimum absolute atomic E-state index is 0.575. The van der Waals surface area contributed by atoms with Gasteiger partial charge in [0.15, 0.2) is 0 Å². The lowest BCUT2D eigenvalue weighted by Gasteiger charge is -2.47. The normalized spacial score (nSPS) is 24.4. The van der Waals surface area contributed by atoms with E-state index in [1.54, 1.807) is 0 Å². The van der Waals surface area contributed by atoms with Crippen LogP contribution in [-0.4, -0.2) is 24.5 Å². The van der Waals surface area contributed by atoms with Crippen molar-refractivity contribution >= 4 is 0 Å². The first-order valence-corrected chi connectivity index (χ1v) is 7.19. The van der Waals surface area contributed by atoms with E-state index in [1.165, 1.54) is 50.8 Å². The van der Waals surface area contributed by atoms with Gasteiger partial charge in [0.1, 0.15) is 0 Å². The van der Waals surface area contributed by atoms with Gasteiger partial charge in [0.25, 0.3) is 0 Å². The molecule has 0 amide bonds. The number of piperidine rings is 1. The maximum Gasteiger partial charge on any atom is 0.0166 e. The molecular weight excluding hydrogens is 206 g/mol. The van der Waals surface area contributed by atoms with Gasteiger partial charge in [0, 0.05) is 6.54 Å². The van der Waals surface area contributed by atoms with Crippen molar-refractivity contribution in [1.82, 2.24) is 4.90 Å². The van der Waals surface area contributed by atoms with Crippen LogP contribution in [-0.2, 0) is 0 Å². The lowest BCUT2D eigenvalue weighted by atomic mass is 9.63. The highest BCUT2D eigenvalue weighted by Gasteiger charge is 2.39. The lowest BCUT2D eigenvalue weighted by Crippen LogP contribution is -2.43. The van der Waals surface area contributed by atoms with Gasteiger partial charge >= 0.3 is 0 Å². The molecule has 1 heteroatoms. The smallest absolute Gasteiger partial charge is 0.0166 e. The SMILES string of the molecule is C=C(/C=C/CN1CCC2(CCC2)CC1)C(C)C. The van der Waals surface area contributed by atoms with Crippen molar-refractivity contribution in [2.24, 2.45) is 11.3 Å². The van der Waals surface area contributed by atoms with Gasteiger partial charge in [-0.15, -0.1) is 0 Å². The van der Waals surface area contributed by atoms with Gasteiger partial charge in [-0.3, -0.25) is 4.90 Å². The predicted octanol–water partition coefficient (Wildman–Crippen LogP) is 4.02. The molecule has 1 aliphatic heterocycles. The highest BCUT2D eigenvalue weighted by Crippen LogP contribution is 2.48. The summed E-state index contributed by atoms with van der Waals surface area (Å²) in [6, 6.07) is 0. The average Bonchev–Trinajstić information content (AvgIpc) is 2.27. The van der Waals surface area contributed by atoms with E-state index in [9.17, 15) is 0 Å². The lowest BCUT2D eigenvalue weighted by molar-refractivity contribution is 0.0380. The van der Waals surface area contributed by atoms with Crippen LogP contribution in [0.25, 0.3) is 0 Å². The molecule has 2 rings (SSSR count). The maximum absolute atomic E-state index is 4.08. The summed E-state index contributed by atoms with van der Waals surface area (Å²) in [6.07, 6.45) is 11.9. The number of allylic oxidation sites excluding steroid dienone is 2.